The number of nitro groups is 1. The number of Topliss-reactive ketones (excluding diaryl/α,β-unsaturated/α-hetero) is 1. The van der Waals surface area contributed by atoms with Gasteiger partial charge in [0.15, 0.2) is 5.78 Å². The van der Waals surface area contributed by atoms with Crippen LogP contribution in [-0.2, 0) is 5.75 Å². The molecule has 0 aliphatic carbocycles. The van der Waals surface area contributed by atoms with Crippen molar-refractivity contribution in [3.05, 3.63) is 94.2 Å². The van der Waals surface area contributed by atoms with Crippen LogP contribution < -0.4 is 0 Å². The van der Waals surface area contributed by atoms with Gasteiger partial charge in [-0.05, 0) is 29.8 Å². The summed E-state index contributed by atoms with van der Waals surface area (Å²) in [4.78, 5) is 27.2. The highest BCUT2D eigenvalue weighted by Gasteiger charge is 2.20. The Kier molecular flexibility index (Phi) is 5.80. The smallest absolute Gasteiger partial charge is 0.269 e. The van der Waals surface area contributed by atoms with E-state index in [0.29, 0.717) is 11.3 Å². The van der Waals surface area contributed by atoms with Crippen molar-refractivity contribution in [3.8, 4) is 0 Å². The third kappa shape index (κ3) is 4.58. The van der Waals surface area contributed by atoms with Crippen molar-refractivity contribution in [2.24, 2.45) is 0 Å². The fourth-order valence-electron chi connectivity index (χ4n) is 2.50. The van der Waals surface area contributed by atoms with Crippen molar-refractivity contribution in [2.45, 2.75) is 17.4 Å². The summed E-state index contributed by atoms with van der Waals surface area (Å²) in [6.07, 6.45) is 4.96. The molecule has 1 aromatic carbocycles. The molecule has 2 heterocycles. The van der Waals surface area contributed by atoms with Gasteiger partial charge >= 0.3 is 0 Å². The monoisotopic (exact) mass is 368 g/mol. The minimum absolute atomic E-state index is 0.0138. The van der Waals surface area contributed by atoms with Gasteiger partial charge in [0, 0.05) is 41.8 Å². The number of carbonyl (C=O) groups is 1. The van der Waals surface area contributed by atoms with Gasteiger partial charge < -0.3 is 4.42 Å². The molecule has 0 radical (unpaired) electrons. The molecule has 1 atom stereocenters. The average molecular weight is 368 g/mol. The zero-order chi connectivity index (χ0) is 18.4. The van der Waals surface area contributed by atoms with Gasteiger partial charge in [0.05, 0.1) is 16.9 Å². The highest BCUT2D eigenvalue weighted by molar-refractivity contribution is 7.98. The molecule has 0 unspecified atom stereocenters. The van der Waals surface area contributed by atoms with E-state index in [1.807, 2.05) is 12.1 Å². The van der Waals surface area contributed by atoms with Crippen molar-refractivity contribution < 1.29 is 14.1 Å². The Labute approximate surface area is 154 Å². The Morgan fingerprint density at radius 1 is 1.23 bits per heavy atom. The van der Waals surface area contributed by atoms with Gasteiger partial charge in [-0.3, -0.25) is 19.9 Å². The molecule has 0 aliphatic heterocycles. The molecule has 0 saturated heterocycles. The van der Waals surface area contributed by atoms with Crippen molar-refractivity contribution >= 4 is 23.2 Å². The number of pyridine rings is 1. The Hall–Kier alpha value is -2.93. The molecule has 3 aromatic rings. The maximum atomic E-state index is 12.6. The molecule has 0 bridgehead atoms. The summed E-state index contributed by atoms with van der Waals surface area (Å²) in [5.74, 6) is 1.31. The zero-order valence-electron chi connectivity index (χ0n) is 13.8. The third-order valence-corrected chi connectivity index (χ3v) is 5.11. The molecule has 6 nitrogen and oxygen atoms in total. The number of aromatic nitrogens is 1. The number of furan rings is 1. The fraction of sp³-hybridized carbons (Fsp3) is 0.158. The van der Waals surface area contributed by atoms with Gasteiger partial charge in [0.1, 0.15) is 5.76 Å². The van der Waals surface area contributed by atoms with E-state index in [4.69, 9.17) is 4.42 Å². The molecule has 0 spiro atoms. The van der Waals surface area contributed by atoms with Gasteiger partial charge in [-0.2, -0.15) is 0 Å². The highest BCUT2D eigenvalue weighted by Crippen LogP contribution is 2.36. The first-order chi connectivity index (χ1) is 12.6. The Bertz CT molecular complexity index is 882. The minimum atomic E-state index is -0.430. The lowest BCUT2D eigenvalue weighted by molar-refractivity contribution is -0.384. The Morgan fingerprint density at radius 3 is 2.81 bits per heavy atom. The summed E-state index contributed by atoms with van der Waals surface area (Å²) in [6, 6.07) is 13.5. The van der Waals surface area contributed by atoms with Gasteiger partial charge in [-0.1, -0.05) is 12.1 Å². The first kappa shape index (κ1) is 17.9. The lowest BCUT2D eigenvalue weighted by Gasteiger charge is -2.16. The van der Waals surface area contributed by atoms with Crippen LogP contribution in [0, 0.1) is 10.1 Å². The molecule has 7 heteroatoms. The van der Waals surface area contributed by atoms with E-state index < -0.39 is 4.92 Å². The van der Waals surface area contributed by atoms with E-state index in [2.05, 4.69) is 4.98 Å². The molecule has 0 fully saturated rings. The summed E-state index contributed by atoms with van der Waals surface area (Å²) in [5, 5.41) is 10.8. The molecule has 0 amide bonds. The SMILES string of the molecule is O=C(C[C@H](SCc1ccco1)c1cccc([N+](=O)[O-])c1)c1cccnc1. The van der Waals surface area contributed by atoms with E-state index in [1.165, 1.54) is 30.1 Å². The summed E-state index contributed by atoms with van der Waals surface area (Å²) in [7, 11) is 0. The first-order valence-corrected chi connectivity index (χ1v) is 9.00. The van der Waals surface area contributed by atoms with E-state index in [0.717, 1.165) is 11.3 Å². The number of benzene rings is 1. The standard InChI is InChI=1S/C19H16N2O4S/c22-18(15-5-2-8-20-12-15)11-19(26-13-17-7-3-9-25-17)14-4-1-6-16(10-14)21(23)24/h1-10,12,19H,11,13H2/t19-/m0/s1. The van der Waals surface area contributed by atoms with Crippen LogP contribution in [0.15, 0.2) is 71.6 Å². The molecule has 132 valence electrons. The lowest BCUT2D eigenvalue weighted by Crippen LogP contribution is -2.06. The summed E-state index contributed by atoms with van der Waals surface area (Å²) in [5.41, 5.74) is 1.29. The van der Waals surface area contributed by atoms with Crippen LogP contribution in [-0.4, -0.2) is 15.7 Å². The molecule has 3 rings (SSSR count). The van der Waals surface area contributed by atoms with Gasteiger partial charge in [0.25, 0.3) is 5.69 Å². The second-order valence-electron chi connectivity index (χ2n) is 5.60. The number of rotatable bonds is 8. The topological polar surface area (TPSA) is 86.2 Å². The zero-order valence-corrected chi connectivity index (χ0v) is 14.6. The summed E-state index contributed by atoms with van der Waals surface area (Å²) >= 11 is 1.52. The number of nitro benzene ring substituents is 1. The second kappa shape index (κ2) is 8.44. The number of hydrogen-bond donors (Lipinski definition) is 0. The van der Waals surface area contributed by atoms with Gasteiger partial charge in [0.2, 0.25) is 0 Å². The predicted octanol–water partition coefficient (Wildman–Crippen LogP) is 4.83. The van der Waals surface area contributed by atoms with Crippen molar-refractivity contribution in [3.63, 3.8) is 0 Å². The van der Waals surface area contributed by atoms with Crippen LogP contribution in [0.1, 0.15) is 33.4 Å². The van der Waals surface area contributed by atoms with E-state index in [1.54, 1.807) is 36.7 Å². The maximum Gasteiger partial charge on any atom is 0.269 e. The van der Waals surface area contributed by atoms with Crippen LogP contribution in [0.4, 0.5) is 5.69 Å². The number of non-ortho nitro benzene ring substituents is 1. The van der Waals surface area contributed by atoms with Crippen LogP contribution in [0.2, 0.25) is 0 Å². The number of hydrogen-bond acceptors (Lipinski definition) is 6. The maximum absolute atomic E-state index is 12.6. The molecular formula is C19H16N2O4S. The number of nitrogens with zero attached hydrogens (tertiary/aromatic N) is 2. The van der Waals surface area contributed by atoms with Crippen LogP contribution >= 0.6 is 11.8 Å². The molecule has 0 aliphatic rings. The Morgan fingerprint density at radius 2 is 2.12 bits per heavy atom. The van der Waals surface area contributed by atoms with Crippen LogP contribution in [0.25, 0.3) is 0 Å². The first-order valence-electron chi connectivity index (χ1n) is 7.95. The summed E-state index contributed by atoms with van der Waals surface area (Å²) < 4.78 is 5.35. The quantitative estimate of drug-likeness (QED) is 0.321. The fourth-order valence-corrected chi connectivity index (χ4v) is 3.64. The molecule has 26 heavy (non-hydrogen) atoms. The average Bonchev–Trinajstić information content (AvgIpc) is 3.19. The molecule has 0 saturated carbocycles. The normalized spacial score (nSPS) is 11.8. The van der Waals surface area contributed by atoms with Crippen molar-refractivity contribution in [1.82, 2.24) is 4.98 Å². The molecule has 2 aromatic heterocycles. The largest absolute Gasteiger partial charge is 0.468 e. The predicted molar refractivity (Wildman–Crippen MR) is 99.0 cm³/mol. The van der Waals surface area contributed by atoms with Crippen molar-refractivity contribution in [1.29, 1.82) is 0 Å². The highest BCUT2D eigenvalue weighted by atomic mass is 32.2. The minimum Gasteiger partial charge on any atom is -0.468 e. The number of ketones is 1. The lowest BCUT2D eigenvalue weighted by atomic mass is 10.0. The molecule has 0 N–H and O–H groups in total. The second-order valence-corrected chi connectivity index (χ2v) is 6.79. The summed E-state index contributed by atoms with van der Waals surface area (Å²) in [6.45, 7) is 0. The molecular weight excluding hydrogens is 352 g/mol. The number of thioether (sulfide) groups is 1. The van der Waals surface area contributed by atoms with Gasteiger partial charge in [-0.25, -0.2) is 0 Å². The van der Waals surface area contributed by atoms with E-state index >= 15 is 0 Å². The number of carbonyl (C=O) groups excluding carboxylic acids is 1. The van der Waals surface area contributed by atoms with Gasteiger partial charge in [-0.15, -0.1) is 11.8 Å². The van der Waals surface area contributed by atoms with Crippen molar-refractivity contribution in [2.75, 3.05) is 0 Å². The Balaban J connectivity index is 1.82. The van der Waals surface area contributed by atoms with E-state index in [-0.39, 0.29) is 23.1 Å². The van der Waals surface area contributed by atoms with Crippen LogP contribution in [0.5, 0.6) is 0 Å². The van der Waals surface area contributed by atoms with E-state index in [9.17, 15) is 14.9 Å². The van der Waals surface area contributed by atoms with Crippen LogP contribution in [0.3, 0.4) is 0 Å². The third-order valence-electron chi connectivity index (χ3n) is 3.81.